The maximum atomic E-state index is 12.0. The van der Waals surface area contributed by atoms with Gasteiger partial charge >= 0.3 is 0 Å². The molecule has 0 saturated carbocycles. The van der Waals surface area contributed by atoms with Crippen LogP contribution in [0.3, 0.4) is 0 Å². The summed E-state index contributed by atoms with van der Waals surface area (Å²) in [4.78, 5) is 13.3. The summed E-state index contributed by atoms with van der Waals surface area (Å²) in [5, 5.41) is 19.1. The molecule has 3 rings (SSSR count). The van der Waals surface area contributed by atoms with E-state index in [2.05, 4.69) is 26.0 Å². The SMILES string of the molecule is Cl.O=C(Cn1nnc(-c2ccc(Cl)cc2)n1)NCCC1CCCNC1. The number of benzene rings is 1. The van der Waals surface area contributed by atoms with Gasteiger partial charge in [-0.2, -0.15) is 4.80 Å². The molecule has 1 unspecified atom stereocenters. The van der Waals surface area contributed by atoms with Crippen LogP contribution in [-0.4, -0.2) is 45.7 Å². The summed E-state index contributed by atoms with van der Waals surface area (Å²) < 4.78 is 0. The minimum Gasteiger partial charge on any atom is -0.354 e. The first-order valence-electron chi connectivity index (χ1n) is 8.22. The van der Waals surface area contributed by atoms with Gasteiger partial charge in [-0.05, 0) is 67.7 Å². The van der Waals surface area contributed by atoms with Crippen molar-refractivity contribution in [2.75, 3.05) is 19.6 Å². The number of tetrazole rings is 1. The predicted octanol–water partition coefficient (Wildman–Crippen LogP) is 1.92. The second-order valence-electron chi connectivity index (χ2n) is 6.00. The molecule has 0 aliphatic carbocycles. The second-order valence-corrected chi connectivity index (χ2v) is 6.44. The monoisotopic (exact) mass is 384 g/mol. The van der Waals surface area contributed by atoms with E-state index in [0.29, 0.717) is 23.3 Å². The molecule has 1 aliphatic heterocycles. The Morgan fingerprint density at radius 3 is 2.88 bits per heavy atom. The van der Waals surface area contributed by atoms with E-state index >= 15 is 0 Å². The zero-order chi connectivity index (χ0) is 16.8. The number of nitrogens with one attached hydrogen (secondary N) is 2. The van der Waals surface area contributed by atoms with Crippen LogP contribution in [-0.2, 0) is 11.3 Å². The number of halogens is 2. The molecule has 0 radical (unpaired) electrons. The van der Waals surface area contributed by atoms with Gasteiger partial charge in [0.15, 0.2) is 0 Å². The molecule has 1 fully saturated rings. The zero-order valence-electron chi connectivity index (χ0n) is 13.8. The quantitative estimate of drug-likeness (QED) is 0.794. The molecule has 1 atom stereocenters. The van der Waals surface area contributed by atoms with Crippen molar-refractivity contribution in [3.63, 3.8) is 0 Å². The fraction of sp³-hybridized carbons (Fsp3) is 0.500. The standard InChI is InChI=1S/C16H21ClN6O.ClH/c17-14-5-3-13(4-6-14)16-20-22-23(21-16)11-15(24)19-9-7-12-2-1-8-18-10-12;/h3-6,12,18H,1-2,7-11H2,(H,19,24);1H. The van der Waals surface area contributed by atoms with Crippen LogP contribution in [0.4, 0.5) is 0 Å². The third kappa shape index (κ3) is 5.95. The Morgan fingerprint density at radius 2 is 2.16 bits per heavy atom. The van der Waals surface area contributed by atoms with Crippen molar-refractivity contribution in [2.24, 2.45) is 5.92 Å². The molecule has 7 nitrogen and oxygen atoms in total. The molecule has 1 aromatic carbocycles. The van der Waals surface area contributed by atoms with Crippen molar-refractivity contribution in [3.8, 4) is 11.4 Å². The summed E-state index contributed by atoms with van der Waals surface area (Å²) in [6.45, 7) is 2.91. The highest BCUT2D eigenvalue weighted by Gasteiger charge is 2.13. The van der Waals surface area contributed by atoms with E-state index in [0.717, 1.165) is 25.1 Å². The lowest BCUT2D eigenvalue weighted by Gasteiger charge is -2.22. The lowest BCUT2D eigenvalue weighted by Crippen LogP contribution is -2.34. The van der Waals surface area contributed by atoms with Crippen molar-refractivity contribution in [2.45, 2.75) is 25.8 Å². The van der Waals surface area contributed by atoms with Gasteiger partial charge in [0, 0.05) is 17.1 Å². The Hall–Kier alpha value is -1.70. The van der Waals surface area contributed by atoms with E-state index in [1.54, 1.807) is 12.1 Å². The van der Waals surface area contributed by atoms with E-state index in [1.165, 1.54) is 17.6 Å². The molecule has 2 N–H and O–H groups in total. The molecular weight excluding hydrogens is 363 g/mol. The summed E-state index contributed by atoms with van der Waals surface area (Å²) >= 11 is 5.86. The van der Waals surface area contributed by atoms with Gasteiger partial charge in [0.1, 0.15) is 6.54 Å². The van der Waals surface area contributed by atoms with Crippen LogP contribution in [0.25, 0.3) is 11.4 Å². The molecule has 2 heterocycles. The van der Waals surface area contributed by atoms with Gasteiger partial charge in [0.05, 0.1) is 0 Å². The van der Waals surface area contributed by atoms with Crippen LogP contribution in [0.2, 0.25) is 5.02 Å². The first kappa shape index (κ1) is 19.6. The average Bonchev–Trinajstić information content (AvgIpc) is 3.05. The second kappa shape index (κ2) is 9.70. The van der Waals surface area contributed by atoms with E-state index < -0.39 is 0 Å². The fourth-order valence-corrected chi connectivity index (χ4v) is 2.92. The predicted molar refractivity (Wildman–Crippen MR) is 98.7 cm³/mol. The summed E-state index contributed by atoms with van der Waals surface area (Å²) in [6.07, 6.45) is 3.45. The van der Waals surface area contributed by atoms with E-state index in [-0.39, 0.29) is 24.9 Å². The van der Waals surface area contributed by atoms with Gasteiger partial charge < -0.3 is 10.6 Å². The van der Waals surface area contributed by atoms with Crippen molar-refractivity contribution in [3.05, 3.63) is 29.3 Å². The number of amides is 1. The van der Waals surface area contributed by atoms with Crippen LogP contribution in [0.1, 0.15) is 19.3 Å². The van der Waals surface area contributed by atoms with E-state index in [1.807, 2.05) is 12.1 Å². The topological polar surface area (TPSA) is 84.7 Å². The fourth-order valence-electron chi connectivity index (χ4n) is 2.80. The molecular formula is C16H22Cl2N6O. The highest BCUT2D eigenvalue weighted by Crippen LogP contribution is 2.17. The summed E-state index contributed by atoms with van der Waals surface area (Å²) in [7, 11) is 0. The number of piperidine rings is 1. The van der Waals surface area contributed by atoms with Gasteiger partial charge in [-0.15, -0.1) is 22.6 Å². The third-order valence-electron chi connectivity index (χ3n) is 4.11. The Kier molecular flexibility index (Phi) is 7.61. The number of aromatic nitrogens is 4. The third-order valence-corrected chi connectivity index (χ3v) is 4.37. The van der Waals surface area contributed by atoms with Crippen LogP contribution >= 0.6 is 24.0 Å². The number of carbonyl (C=O) groups excluding carboxylic acids is 1. The summed E-state index contributed by atoms with van der Waals surface area (Å²) in [5.41, 5.74) is 0.816. The molecule has 1 aliphatic rings. The lowest BCUT2D eigenvalue weighted by atomic mass is 9.96. The van der Waals surface area contributed by atoms with Gasteiger partial charge in [0.25, 0.3) is 0 Å². The van der Waals surface area contributed by atoms with Gasteiger partial charge in [0.2, 0.25) is 11.7 Å². The molecule has 25 heavy (non-hydrogen) atoms. The van der Waals surface area contributed by atoms with Gasteiger partial charge in [-0.1, -0.05) is 11.6 Å². The molecule has 0 spiro atoms. The maximum Gasteiger partial charge on any atom is 0.243 e. The number of nitrogens with zero attached hydrogens (tertiary/aromatic N) is 4. The molecule has 1 amide bonds. The minimum absolute atomic E-state index is 0. The minimum atomic E-state index is -0.0983. The molecule has 2 aromatic rings. The Bertz CT molecular complexity index is 670. The first-order chi connectivity index (χ1) is 11.7. The number of rotatable bonds is 6. The van der Waals surface area contributed by atoms with Crippen molar-refractivity contribution < 1.29 is 4.79 Å². The maximum absolute atomic E-state index is 12.0. The number of hydrogen-bond acceptors (Lipinski definition) is 5. The number of hydrogen-bond donors (Lipinski definition) is 2. The van der Waals surface area contributed by atoms with Crippen LogP contribution < -0.4 is 10.6 Å². The molecule has 1 aromatic heterocycles. The smallest absolute Gasteiger partial charge is 0.243 e. The normalized spacial score (nSPS) is 16.9. The number of carbonyl (C=O) groups is 1. The van der Waals surface area contributed by atoms with Gasteiger partial charge in [-0.25, -0.2) is 0 Å². The lowest BCUT2D eigenvalue weighted by molar-refractivity contribution is -0.122. The van der Waals surface area contributed by atoms with Gasteiger partial charge in [-0.3, -0.25) is 4.79 Å². The zero-order valence-corrected chi connectivity index (χ0v) is 15.4. The van der Waals surface area contributed by atoms with Crippen LogP contribution in [0, 0.1) is 5.92 Å². The Morgan fingerprint density at radius 1 is 1.36 bits per heavy atom. The van der Waals surface area contributed by atoms with Crippen molar-refractivity contribution >= 4 is 29.9 Å². The highest BCUT2D eigenvalue weighted by molar-refractivity contribution is 6.30. The average molecular weight is 385 g/mol. The van der Waals surface area contributed by atoms with Crippen LogP contribution in [0.15, 0.2) is 24.3 Å². The summed E-state index contributed by atoms with van der Waals surface area (Å²) in [6, 6.07) is 7.18. The first-order valence-corrected chi connectivity index (χ1v) is 8.59. The molecule has 0 bridgehead atoms. The summed E-state index contributed by atoms with van der Waals surface area (Å²) in [5.74, 6) is 1.03. The van der Waals surface area contributed by atoms with Crippen molar-refractivity contribution in [1.29, 1.82) is 0 Å². The molecule has 9 heteroatoms. The van der Waals surface area contributed by atoms with Crippen molar-refractivity contribution in [1.82, 2.24) is 30.8 Å². The molecule has 136 valence electrons. The highest BCUT2D eigenvalue weighted by atomic mass is 35.5. The Balaban J connectivity index is 0.00000225. The van der Waals surface area contributed by atoms with E-state index in [9.17, 15) is 4.79 Å². The Labute approximate surface area is 157 Å². The largest absolute Gasteiger partial charge is 0.354 e. The van der Waals surface area contributed by atoms with Crippen LogP contribution in [0.5, 0.6) is 0 Å². The van der Waals surface area contributed by atoms with E-state index in [4.69, 9.17) is 11.6 Å². The molecule has 1 saturated heterocycles.